The lowest BCUT2D eigenvalue weighted by molar-refractivity contribution is 0.124. The fourth-order valence-corrected chi connectivity index (χ4v) is 1.76. The van der Waals surface area contributed by atoms with Crippen LogP contribution in [-0.2, 0) is 0 Å². The molecule has 1 atom stereocenters. The summed E-state index contributed by atoms with van der Waals surface area (Å²) >= 11 is 0. The third kappa shape index (κ3) is 8.26. The molecule has 0 fully saturated rings. The number of unbranched alkanes of at least 4 members (excludes halogenated alkanes) is 4. The van der Waals surface area contributed by atoms with E-state index in [4.69, 9.17) is 5.21 Å². The molecule has 0 heterocycles. The van der Waals surface area contributed by atoms with E-state index in [1.807, 2.05) is 37.3 Å². The minimum atomic E-state index is 0.0659. The molecule has 0 bridgehead atoms. The third-order valence-electron chi connectivity index (χ3n) is 2.97. The maximum atomic E-state index is 8.73. The van der Waals surface area contributed by atoms with Gasteiger partial charge in [-0.25, -0.2) is 0 Å². The molecular weight excluding hydrogens is 222 g/mol. The second-order valence-electron chi connectivity index (χ2n) is 4.56. The van der Waals surface area contributed by atoms with Crippen LogP contribution in [0.3, 0.4) is 0 Å². The van der Waals surface area contributed by atoms with E-state index < -0.39 is 0 Å². The molecule has 0 radical (unpaired) electrons. The molecule has 2 heteroatoms. The number of rotatable bonds is 7. The molecule has 2 N–H and O–H groups in total. The first-order valence-corrected chi connectivity index (χ1v) is 7.24. The Morgan fingerprint density at radius 2 is 1.50 bits per heavy atom. The monoisotopic (exact) mass is 251 g/mol. The van der Waals surface area contributed by atoms with E-state index >= 15 is 0 Å². The van der Waals surface area contributed by atoms with Crippen molar-refractivity contribution in [1.82, 2.24) is 5.48 Å². The summed E-state index contributed by atoms with van der Waals surface area (Å²) in [5, 5.41) is 8.73. The van der Waals surface area contributed by atoms with Crippen LogP contribution in [-0.4, -0.2) is 5.21 Å². The molecule has 0 aliphatic carbocycles. The second-order valence-corrected chi connectivity index (χ2v) is 4.56. The summed E-state index contributed by atoms with van der Waals surface area (Å²) in [6.07, 6.45) is 7.90. The average Bonchev–Trinajstić information content (AvgIpc) is 2.43. The SMILES string of the molecule is CCCCCCC.CC[C@@H](NO)c1ccccc1. The highest BCUT2D eigenvalue weighted by atomic mass is 16.5. The molecule has 1 aromatic carbocycles. The van der Waals surface area contributed by atoms with Gasteiger partial charge in [-0.3, -0.25) is 0 Å². The number of benzene rings is 1. The number of hydroxylamine groups is 1. The van der Waals surface area contributed by atoms with E-state index in [9.17, 15) is 0 Å². The van der Waals surface area contributed by atoms with Gasteiger partial charge < -0.3 is 5.21 Å². The van der Waals surface area contributed by atoms with Crippen LogP contribution in [0.2, 0.25) is 0 Å². The third-order valence-corrected chi connectivity index (χ3v) is 2.97. The molecule has 0 saturated heterocycles. The summed E-state index contributed by atoms with van der Waals surface area (Å²) in [5.74, 6) is 0. The Morgan fingerprint density at radius 1 is 0.944 bits per heavy atom. The summed E-state index contributed by atoms with van der Waals surface area (Å²) in [5.41, 5.74) is 3.39. The van der Waals surface area contributed by atoms with Crippen LogP contribution in [0.25, 0.3) is 0 Å². The zero-order valence-electron chi connectivity index (χ0n) is 12.2. The van der Waals surface area contributed by atoms with Gasteiger partial charge in [0.2, 0.25) is 0 Å². The van der Waals surface area contributed by atoms with Crippen molar-refractivity contribution >= 4 is 0 Å². The lowest BCUT2D eigenvalue weighted by Crippen LogP contribution is -2.15. The van der Waals surface area contributed by atoms with Gasteiger partial charge in [-0.2, -0.15) is 5.48 Å². The van der Waals surface area contributed by atoms with Gasteiger partial charge in [-0.05, 0) is 12.0 Å². The highest BCUT2D eigenvalue weighted by Gasteiger charge is 2.04. The molecule has 18 heavy (non-hydrogen) atoms. The fourth-order valence-electron chi connectivity index (χ4n) is 1.76. The van der Waals surface area contributed by atoms with Gasteiger partial charge >= 0.3 is 0 Å². The molecule has 0 spiro atoms. The predicted molar refractivity (Wildman–Crippen MR) is 78.8 cm³/mol. The molecule has 0 aromatic heterocycles. The summed E-state index contributed by atoms with van der Waals surface area (Å²) in [7, 11) is 0. The first-order valence-electron chi connectivity index (χ1n) is 7.24. The fraction of sp³-hybridized carbons (Fsp3) is 0.625. The van der Waals surface area contributed by atoms with Crippen molar-refractivity contribution in [2.75, 3.05) is 0 Å². The molecule has 0 unspecified atom stereocenters. The standard InChI is InChI=1S/C9H13NO.C7H16/c1-2-9(10-11)8-6-4-3-5-7-8;1-3-5-7-6-4-2/h3-7,9-11H,2H2,1H3;3-7H2,1-2H3/t9-;/m1./s1. The smallest absolute Gasteiger partial charge is 0.0566 e. The van der Waals surface area contributed by atoms with Crippen LogP contribution in [0.5, 0.6) is 0 Å². The van der Waals surface area contributed by atoms with Crippen LogP contribution in [0.4, 0.5) is 0 Å². The Morgan fingerprint density at radius 3 is 1.89 bits per heavy atom. The molecule has 0 saturated carbocycles. The van der Waals surface area contributed by atoms with E-state index in [1.54, 1.807) is 0 Å². The highest BCUT2D eigenvalue weighted by Crippen LogP contribution is 2.14. The van der Waals surface area contributed by atoms with Crippen molar-refractivity contribution in [3.8, 4) is 0 Å². The second kappa shape index (κ2) is 12.6. The van der Waals surface area contributed by atoms with E-state index in [2.05, 4.69) is 19.3 Å². The maximum Gasteiger partial charge on any atom is 0.0566 e. The molecule has 1 aromatic rings. The Hall–Kier alpha value is -0.860. The van der Waals surface area contributed by atoms with E-state index in [0.717, 1.165) is 12.0 Å². The summed E-state index contributed by atoms with van der Waals surface area (Å²) in [4.78, 5) is 0. The average molecular weight is 251 g/mol. The van der Waals surface area contributed by atoms with Gasteiger partial charge in [0.15, 0.2) is 0 Å². The zero-order chi connectivity index (χ0) is 13.6. The molecule has 0 amide bonds. The normalized spacial score (nSPS) is 11.6. The first-order chi connectivity index (χ1) is 8.79. The quantitative estimate of drug-likeness (QED) is 0.522. The Kier molecular flexibility index (Phi) is 12.0. The molecule has 0 aliphatic heterocycles. The summed E-state index contributed by atoms with van der Waals surface area (Å²) < 4.78 is 0. The molecule has 104 valence electrons. The van der Waals surface area contributed by atoms with E-state index in [1.165, 1.54) is 32.1 Å². The number of hydrogen-bond acceptors (Lipinski definition) is 2. The first kappa shape index (κ1) is 17.1. The van der Waals surface area contributed by atoms with Gasteiger partial charge in [-0.1, -0.05) is 83.2 Å². The predicted octanol–water partition coefficient (Wildman–Crippen LogP) is 5.09. The van der Waals surface area contributed by atoms with E-state index in [-0.39, 0.29) is 6.04 Å². The molecule has 1 rings (SSSR count). The van der Waals surface area contributed by atoms with Crippen molar-refractivity contribution in [2.45, 2.75) is 65.3 Å². The van der Waals surface area contributed by atoms with Gasteiger partial charge in [0, 0.05) is 0 Å². The van der Waals surface area contributed by atoms with Gasteiger partial charge in [-0.15, -0.1) is 0 Å². The Balaban J connectivity index is 0.000000360. The Bertz CT molecular complexity index is 253. The van der Waals surface area contributed by atoms with Gasteiger partial charge in [0.25, 0.3) is 0 Å². The van der Waals surface area contributed by atoms with Crippen LogP contribution >= 0.6 is 0 Å². The van der Waals surface area contributed by atoms with Crippen LogP contribution in [0.1, 0.15) is 70.9 Å². The largest absolute Gasteiger partial charge is 0.316 e. The highest BCUT2D eigenvalue weighted by molar-refractivity contribution is 5.18. The van der Waals surface area contributed by atoms with Crippen LogP contribution < -0.4 is 5.48 Å². The van der Waals surface area contributed by atoms with Crippen molar-refractivity contribution in [3.63, 3.8) is 0 Å². The minimum Gasteiger partial charge on any atom is -0.316 e. The number of nitrogens with one attached hydrogen (secondary N) is 1. The minimum absolute atomic E-state index is 0.0659. The lowest BCUT2D eigenvalue weighted by atomic mass is 10.1. The molecule has 2 nitrogen and oxygen atoms in total. The van der Waals surface area contributed by atoms with Crippen molar-refractivity contribution in [1.29, 1.82) is 0 Å². The lowest BCUT2D eigenvalue weighted by Gasteiger charge is -2.11. The summed E-state index contributed by atoms with van der Waals surface area (Å²) in [6.45, 7) is 6.52. The van der Waals surface area contributed by atoms with Crippen LogP contribution in [0.15, 0.2) is 30.3 Å². The van der Waals surface area contributed by atoms with Crippen LogP contribution in [0, 0.1) is 0 Å². The topological polar surface area (TPSA) is 32.3 Å². The molecular formula is C16H29NO. The summed E-state index contributed by atoms with van der Waals surface area (Å²) in [6, 6.07) is 9.96. The molecule has 0 aliphatic rings. The van der Waals surface area contributed by atoms with E-state index in [0.29, 0.717) is 0 Å². The van der Waals surface area contributed by atoms with Gasteiger partial charge in [0.05, 0.1) is 6.04 Å². The zero-order valence-corrected chi connectivity index (χ0v) is 12.2. The van der Waals surface area contributed by atoms with Crippen molar-refractivity contribution in [2.24, 2.45) is 0 Å². The Labute approximate surface area is 112 Å². The number of hydrogen-bond donors (Lipinski definition) is 2. The van der Waals surface area contributed by atoms with Crippen molar-refractivity contribution in [3.05, 3.63) is 35.9 Å². The van der Waals surface area contributed by atoms with Gasteiger partial charge in [0.1, 0.15) is 0 Å². The maximum absolute atomic E-state index is 8.73. The van der Waals surface area contributed by atoms with Crippen molar-refractivity contribution < 1.29 is 5.21 Å².